The number of nitrogens with zero attached hydrogens (tertiary/aromatic N) is 2. The lowest BCUT2D eigenvalue weighted by atomic mass is 10.1. The number of aromatic nitrogens is 2. The Hall–Kier alpha value is -1.16. The van der Waals surface area contributed by atoms with Gasteiger partial charge in [0.1, 0.15) is 0 Å². The van der Waals surface area contributed by atoms with Gasteiger partial charge < -0.3 is 11.1 Å². The molecule has 0 aliphatic carbocycles. The molecule has 1 aromatic rings. The van der Waals surface area contributed by atoms with E-state index in [0.717, 1.165) is 36.7 Å². The van der Waals surface area contributed by atoms with Crippen LogP contribution in [-0.4, -0.2) is 22.6 Å². The predicted molar refractivity (Wildman–Crippen MR) is 72.2 cm³/mol. The van der Waals surface area contributed by atoms with Crippen molar-refractivity contribution in [2.75, 3.05) is 11.9 Å². The SMILES string of the molecule is Cc1cc(C(C)C)nc(NCCCC(C)N)n1. The topological polar surface area (TPSA) is 63.8 Å². The van der Waals surface area contributed by atoms with Gasteiger partial charge in [0.25, 0.3) is 0 Å². The third-order valence-electron chi connectivity index (χ3n) is 2.58. The van der Waals surface area contributed by atoms with Crippen molar-refractivity contribution in [3.8, 4) is 0 Å². The number of rotatable bonds is 6. The molecule has 1 atom stereocenters. The van der Waals surface area contributed by atoms with E-state index in [-0.39, 0.29) is 6.04 Å². The van der Waals surface area contributed by atoms with Crippen LogP contribution in [0.1, 0.15) is 50.9 Å². The van der Waals surface area contributed by atoms with Gasteiger partial charge in [0, 0.05) is 24.0 Å². The summed E-state index contributed by atoms with van der Waals surface area (Å²) in [4.78, 5) is 8.88. The molecule has 0 spiro atoms. The summed E-state index contributed by atoms with van der Waals surface area (Å²) in [6.07, 6.45) is 2.07. The van der Waals surface area contributed by atoms with Gasteiger partial charge in [-0.2, -0.15) is 0 Å². The molecule has 1 heterocycles. The van der Waals surface area contributed by atoms with Crippen LogP contribution in [0.2, 0.25) is 0 Å². The van der Waals surface area contributed by atoms with E-state index < -0.39 is 0 Å². The second-order valence-electron chi connectivity index (χ2n) is 4.96. The Morgan fingerprint density at radius 3 is 2.59 bits per heavy atom. The van der Waals surface area contributed by atoms with Crippen LogP contribution in [0.25, 0.3) is 0 Å². The van der Waals surface area contributed by atoms with Crippen molar-refractivity contribution in [3.05, 3.63) is 17.5 Å². The van der Waals surface area contributed by atoms with Crippen molar-refractivity contribution in [2.24, 2.45) is 5.73 Å². The maximum Gasteiger partial charge on any atom is 0.223 e. The highest BCUT2D eigenvalue weighted by Gasteiger charge is 2.05. The maximum atomic E-state index is 5.70. The van der Waals surface area contributed by atoms with Gasteiger partial charge in [-0.15, -0.1) is 0 Å². The van der Waals surface area contributed by atoms with Crippen molar-refractivity contribution >= 4 is 5.95 Å². The highest BCUT2D eigenvalue weighted by atomic mass is 15.1. The van der Waals surface area contributed by atoms with Gasteiger partial charge in [-0.1, -0.05) is 13.8 Å². The first-order valence-corrected chi connectivity index (χ1v) is 6.34. The van der Waals surface area contributed by atoms with E-state index in [1.54, 1.807) is 0 Å². The van der Waals surface area contributed by atoms with E-state index in [9.17, 15) is 0 Å². The summed E-state index contributed by atoms with van der Waals surface area (Å²) >= 11 is 0. The van der Waals surface area contributed by atoms with Gasteiger partial charge in [-0.3, -0.25) is 0 Å². The van der Waals surface area contributed by atoms with Crippen molar-refractivity contribution in [1.82, 2.24) is 9.97 Å². The van der Waals surface area contributed by atoms with E-state index in [0.29, 0.717) is 5.92 Å². The number of anilines is 1. The molecule has 17 heavy (non-hydrogen) atoms. The van der Waals surface area contributed by atoms with Crippen LogP contribution in [0.5, 0.6) is 0 Å². The zero-order valence-electron chi connectivity index (χ0n) is 11.3. The molecule has 0 aromatic carbocycles. The van der Waals surface area contributed by atoms with Gasteiger partial charge in [-0.05, 0) is 38.7 Å². The fraction of sp³-hybridized carbons (Fsp3) is 0.692. The molecule has 1 unspecified atom stereocenters. The fourth-order valence-corrected chi connectivity index (χ4v) is 1.59. The Kier molecular flexibility index (Phi) is 5.35. The van der Waals surface area contributed by atoms with E-state index in [4.69, 9.17) is 5.73 Å². The average Bonchev–Trinajstić information content (AvgIpc) is 2.23. The number of hydrogen-bond donors (Lipinski definition) is 2. The van der Waals surface area contributed by atoms with E-state index in [1.165, 1.54) is 0 Å². The molecule has 0 saturated heterocycles. The second-order valence-corrected chi connectivity index (χ2v) is 4.96. The van der Waals surface area contributed by atoms with Crippen molar-refractivity contribution < 1.29 is 0 Å². The molecule has 96 valence electrons. The summed E-state index contributed by atoms with van der Waals surface area (Å²) in [5.41, 5.74) is 7.80. The Bertz CT molecular complexity index is 347. The van der Waals surface area contributed by atoms with Gasteiger partial charge in [-0.25, -0.2) is 9.97 Å². The van der Waals surface area contributed by atoms with E-state index >= 15 is 0 Å². The highest BCUT2D eigenvalue weighted by Crippen LogP contribution is 2.14. The molecule has 1 rings (SSSR count). The zero-order chi connectivity index (χ0) is 12.8. The van der Waals surface area contributed by atoms with Crippen LogP contribution < -0.4 is 11.1 Å². The van der Waals surface area contributed by atoms with E-state index in [1.807, 2.05) is 19.9 Å². The van der Waals surface area contributed by atoms with Gasteiger partial charge >= 0.3 is 0 Å². The first-order valence-electron chi connectivity index (χ1n) is 6.34. The molecule has 1 aromatic heterocycles. The standard InChI is InChI=1S/C13H24N4/c1-9(2)12-8-11(4)16-13(17-12)15-7-5-6-10(3)14/h8-10H,5-7,14H2,1-4H3,(H,15,16,17). The summed E-state index contributed by atoms with van der Waals surface area (Å²) < 4.78 is 0. The number of nitrogens with one attached hydrogen (secondary N) is 1. The Balaban J connectivity index is 2.53. The fourth-order valence-electron chi connectivity index (χ4n) is 1.59. The largest absolute Gasteiger partial charge is 0.354 e. The number of aryl methyl sites for hydroxylation is 1. The third-order valence-corrected chi connectivity index (χ3v) is 2.58. The smallest absolute Gasteiger partial charge is 0.223 e. The van der Waals surface area contributed by atoms with Crippen LogP contribution in [0, 0.1) is 6.92 Å². The van der Waals surface area contributed by atoms with Crippen LogP contribution in [0.4, 0.5) is 5.95 Å². The summed E-state index contributed by atoms with van der Waals surface area (Å²) in [6, 6.07) is 2.30. The van der Waals surface area contributed by atoms with Gasteiger partial charge in [0.15, 0.2) is 0 Å². The average molecular weight is 236 g/mol. The van der Waals surface area contributed by atoms with E-state index in [2.05, 4.69) is 29.1 Å². The van der Waals surface area contributed by atoms with Gasteiger partial charge in [0.2, 0.25) is 5.95 Å². The first kappa shape index (κ1) is 13.9. The predicted octanol–water partition coefficient (Wildman–Crippen LogP) is 2.45. The molecular weight excluding hydrogens is 212 g/mol. The minimum absolute atomic E-state index is 0.265. The lowest BCUT2D eigenvalue weighted by Gasteiger charge is -2.10. The summed E-state index contributed by atoms with van der Waals surface area (Å²) in [7, 11) is 0. The maximum absolute atomic E-state index is 5.70. The van der Waals surface area contributed by atoms with Crippen LogP contribution in [0.15, 0.2) is 6.07 Å². The van der Waals surface area contributed by atoms with Crippen LogP contribution in [-0.2, 0) is 0 Å². The van der Waals surface area contributed by atoms with Crippen molar-refractivity contribution in [3.63, 3.8) is 0 Å². The molecule has 3 N–H and O–H groups in total. The minimum atomic E-state index is 0.265. The van der Waals surface area contributed by atoms with Crippen molar-refractivity contribution in [1.29, 1.82) is 0 Å². The minimum Gasteiger partial charge on any atom is -0.354 e. The van der Waals surface area contributed by atoms with Crippen LogP contribution >= 0.6 is 0 Å². The normalized spacial score (nSPS) is 12.8. The molecule has 0 radical (unpaired) electrons. The molecule has 0 fully saturated rings. The Morgan fingerprint density at radius 1 is 1.29 bits per heavy atom. The molecule has 4 heteroatoms. The van der Waals surface area contributed by atoms with Crippen LogP contribution in [0.3, 0.4) is 0 Å². The molecule has 4 nitrogen and oxygen atoms in total. The summed E-state index contributed by atoms with van der Waals surface area (Å²) in [6.45, 7) is 9.19. The molecule has 0 aliphatic heterocycles. The third kappa shape index (κ3) is 5.13. The molecule has 0 aliphatic rings. The lowest BCUT2D eigenvalue weighted by Crippen LogP contribution is -2.16. The molecule has 0 saturated carbocycles. The quantitative estimate of drug-likeness (QED) is 0.745. The number of nitrogens with two attached hydrogens (primary N) is 1. The van der Waals surface area contributed by atoms with Crippen molar-refractivity contribution in [2.45, 2.75) is 52.5 Å². The second kappa shape index (κ2) is 6.55. The Labute approximate surface area is 104 Å². The van der Waals surface area contributed by atoms with Gasteiger partial charge in [0.05, 0.1) is 0 Å². The first-order chi connectivity index (χ1) is 7.99. The zero-order valence-corrected chi connectivity index (χ0v) is 11.3. The monoisotopic (exact) mass is 236 g/mol. The molecule has 0 amide bonds. The molecular formula is C13H24N4. The summed E-state index contributed by atoms with van der Waals surface area (Å²) in [5, 5.41) is 3.26. The molecule has 0 bridgehead atoms. The summed E-state index contributed by atoms with van der Waals surface area (Å²) in [5.74, 6) is 1.17. The number of hydrogen-bond acceptors (Lipinski definition) is 4. The highest BCUT2D eigenvalue weighted by molar-refractivity contribution is 5.28. The Morgan fingerprint density at radius 2 is 2.00 bits per heavy atom. The lowest BCUT2D eigenvalue weighted by molar-refractivity contribution is 0.637.